The van der Waals surface area contributed by atoms with Gasteiger partial charge >= 0.3 is 0 Å². The largest absolute Gasteiger partial charge is 0.311 e. The molecule has 0 saturated carbocycles. The average Bonchev–Trinajstić information content (AvgIpc) is 2.28. The summed E-state index contributed by atoms with van der Waals surface area (Å²) in [6, 6.07) is 0. The number of amides is 3. The van der Waals surface area contributed by atoms with Gasteiger partial charge in [-0.3, -0.25) is 14.4 Å². The van der Waals surface area contributed by atoms with Gasteiger partial charge in [0.15, 0.2) is 0 Å². The van der Waals surface area contributed by atoms with E-state index in [1.54, 1.807) is 20.8 Å². The van der Waals surface area contributed by atoms with Crippen molar-refractivity contribution in [3.8, 4) is 0 Å². The molecule has 0 heterocycles. The molecule has 0 aliphatic carbocycles. The Balaban J connectivity index is 4.31. The minimum atomic E-state index is -0.275. The van der Waals surface area contributed by atoms with Crippen molar-refractivity contribution in [2.75, 3.05) is 0 Å². The van der Waals surface area contributed by atoms with Gasteiger partial charge in [0.1, 0.15) is 0 Å². The summed E-state index contributed by atoms with van der Waals surface area (Å²) in [4.78, 5) is 33.4. The van der Waals surface area contributed by atoms with E-state index < -0.39 is 0 Å². The van der Waals surface area contributed by atoms with Crippen LogP contribution in [0.25, 0.3) is 0 Å². The first-order chi connectivity index (χ1) is 7.53. The number of carbonyl (C=O) groups is 3. The maximum absolute atomic E-state index is 11.1. The van der Waals surface area contributed by atoms with Crippen molar-refractivity contribution in [1.29, 1.82) is 0 Å². The summed E-state index contributed by atoms with van der Waals surface area (Å²) in [6.45, 7) is 5.03. The fraction of sp³-hybridized carbons (Fsp3) is 0.600. The topological polar surface area (TPSA) is 87.3 Å². The Hall–Kier alpha value is -1.59. The first-order valence-corrected chi connectivity index (χ1v) is 5.29. The normalized spacial score (nSPS) is 9.75. The summed E-state index contributed by atoms with van der Waals surface area (Å²) < 4.78 is 0. The van der Waals surface area contributed by atoms with Gasteiger partial charge in [-0.25, -0.2) is 0 Å². The summed E-state index contributed by atoms with van der Waals surface area (Å²) in [5, 5.41) is 7.23. The number of hydrogen-bond acceptors (Lipinski definition) is 3. The lowest BCUT2D eigenvalue weighted by Crippen LogP contribution is -2.50. The van der Waals surface area contributed by atoms with Crippen LogP contribution < -0.4 is 16.0 Å². The Labute approximate surface area is 95.2 Å². The van der Waals surface area contributed by atoms with E-state index in [2.05, 4.69) is 16.0 Å². The predicted octanol–water partition coefficient (Wildman–Crippen LogP) is 0.0120. The van der Waals surface area contributed by atoms with Crippen LogP contribution in [0.4, 0.5) is 0 Å². The Bertz CT molecular complexity index is 223. The van der Waals surface area contributed by atoms with Gasteiger partial charge in [0.25, 0.3) is 6.29 Å². The van der Waals surface area contributed by atoms with E-state index in [0.717, 1.165) is 0 Å². The van der Waals surface area contributed by atoms with Crippen LogP contribution in [0, 0.1) is 6.29 Å². The van der Waals surface area contributed by atoms with Crippen LogP contribution in [0.15, 0.2) is 0 Å². The van der Waals surface area contributed by atoms with Gasteiger partial charge in [0.05, 0.1) is 0 Å². The number of hydrogen-bond donors (Lipinski definition) is 3. The third kappa shape index (κ3) is 6.00. The van der Waals surface area contributed by atoms with E-state index in [-0.39, 0.29) is 43.3 Å². The van der Waals surface area contributed by atoms with E-state index in [0.29, 0.717) is 0 Å². The fourth-order valence-corrected chi connectivity index (χ4v) is 0.777. The van der Waals surface area contributed by atoms with Crippen LogP contribution >= 0.6 is 0 Å². The zero-order valence-corrected chi connectivity index (χ0v) is 9.85. The molecular weight excluding hydrogens is 210 g/mol. The maximum Gasteiger partial charge on any atom is 0.256 e. The Morgan fingerprint density at radius 3 is 1.12 bits per heavy atom. The molecule has 6 nitrogen and oxygen atoms in total. The van der Waals surface area contributed by atoms with Gasteiger partial charge in [-0.15, -0.1) is 0 Å². The molecule has 0 fully saturated rings. The SMILES string of the molecule is CCC(=O)N[C](NC(=O)CC)NC(=O)CC. The van der Waals surface area contributed by atoms with Crippen LogP contribution in [-0.4, -0.2) is 17.7 Å². The lowest BCUT2D eigenvalue weighted by molar-refractivity contribution is -0.124. The summed E-state index contributed by atoms with van der Waals surface area (Å²) in [7, 11) is 0. The fourth-order valence-electron chi connectivity index (χ4n) is 0.777. The van der Waals surface area contributed by atoms with E-state index in [4.69, 9.17) is 0 Å². The highest BCUT2D eigenvalue weighted by Crippen LogP contribution is 1.90. The minimum absolute atomic E-state index is 0.0329. The first-order valence-electron chi connectivity index (χ1n) is 5.29. The van der Waals surface area contributed by atoms with Gasteiger partial charge in [0.2, 0.25) is 17.7 Å². The molecule has 0 bridgehead atoms. The lowest BCUT2D eigenvalue weighted by Gasteiger charge is -2.18. The van der Waals surface area contributed by atoms with Crippen molar-refractivity contribution in [3.05, 3.63) is 6.29 Å². The molecule has 0 aliphatic heterocycles. The third-order valence-electron chi connectivity index (χ3n) is 1.76. The molecular formula is C10H18N3O3. The smallest absolute Gasteiger partial charge is 0.256 e. The molecule has 0 spiro atoms. The van der Waals surface area contributed by atoms with Crippen molar-refractivity contribution in [2.45, 2.75) is 40.0 Å². The van der Waals surface area contributed by atoms with Crippen LogP contribution in [0.2, 0.25) is 0 Å². The van der Waals surface area contributed by atoms with Crippen molar-refractivity contribution < 1.29 is 14.4 Å². The molecule has 91 valence electrons. The monoisotopic (exact) mass is 228 g/mol. The zero-order chi connectivity index (χ0) is 12.6. The first kappa shape index (κ1) is 14.4. The second-order valence-electron chi connectivity index (χ2n) is 3.08. The maximum atomic E-state index is 11.1. The summed E-state index contributed by atoms with van der Waals surface area (Å²) >= 11 is 0. The number of rotatable bonds is 6. The molecule has 6 heteroatoms. The summed E-state index contributed by atoms with van der Waals surface area (Å²) in [5.41, 5.74) is 0. The van der Waals surface area contributed by atoms with E-state index in [9.17, 15) is 14.4 Å². The van der Waals surface area contributed by atoms with Gasteiger partial charge in [-0.2, -0.15) is 0 Å². The molecule has 0 aromatic carbocycles. The van der Waals surface area contributed by atoms with Gasteiger partial charge in [-0.05, 0) is 0 Å². The van der Waals surface area contributed by atoms with Gasteiger partial charge in [0, 0.05) is 19.3 Å². The van der Waals surface area contributed by atoms with Crippen molar-refractivity contribution >= 4 is 17.7 Å². The molecule has 16 heavy (non-hydrogen) atoms. The van der Waals surface area contributed by atoms with Crippen LogP contribution in [0.5, 0.6) is 0 Å². The van der Waals surface area contributed by atoms with Crippen molar-refractivity contribution in [1.82, 2.24) is 16.0 Å². The standard InChI is InChI=1S/C10H18N3O3/c1-4-7(14)11-10(12-8(15)5-2)13-9(16)6-3/h4-6H2,1-3H3,(H,11,14)(H,12,15)(H,13,16). The summed E-state index contributed by atoms with van der Waals surface area (Å²) in [6.07, 6.45) is 0.847. The molecule has 3 N–H and O–H groups in total. The molecule has 0 unspecified atom stereocenters. The molecule has 0 saturated heterocycles. The average molecular weight is 228 g/mol. The number of carbonyl (C=O) groups excluding carboxylic acids is 3. The molecule has 3 amide bonds. The highest BCUT2D eigenvalue weighted by atomic mass is 16.2. The van der Waals surface area contributed by atoms with E-state index >= 15 is 0 Å². The Morgan fingerprint density at radius 2 is 0.938 bits per heavy atom. The molecule has 0 aromatic heterocycles. The minimum Gasteiger partial charge on any atom is -0.311 e. The highest BCUT2D eigenvalue weighted by Gasteiger charge is 2.16. The molecule has 0 rings (SSSR count). The molecule has 0 aliphatic rings. The third-order valence-corrected chi connectivity index (χ3v) is 1.76. The van der Waals surface area contributed by atoms with Crippen LogP contribution in [0.1, 0.15) is 40.0 Å². The second-order valence-corrected chi connectivity index (χ2v) is 3.08. The Kier molecular flexibility index (Phi) is 6.91. The lowest BCUT2D eigenvalue weighted by atomic mass is 10.4. The zero-order valence-electron chi connectivity index (χ0n) is 9.85. The van der Waals surface area contributed by atoms with Crippen LogP contribution in [0.3, 0.4) is 0 Å². The van der Waals surface area contributed by atoms with Crippen molar-refractivity contribution in [3.63, 3.8) is 0 Å². The summed E-state index contributed by atoms with van der Waals surface area (Å²) in [5.74, 6) is -0.826. The van der Waals surface area contributed by atoms with Crippen molar-refractivity contribution in [2.24, 2.45) is 0 Å². The van der Waals surface area contributed by atoms with Gasteiger partial charge < -0.3 is 16.0 Å². The van der Waals surface area contributed by atoms with E-state index in [1.807, 2.05) is 0 Å². The molecule has 1 radical (unpaired) electrons. The van der Waals surface area contributed by atoms with E-state index in [1.165, 1.54) is 0 Å². The van der Waals surface area contributed by atoms with Gasteiger partial charge in [-0.1, -0.05) is 20.8 Å². The number of nitrogens with one attached hydrogen (secondary N) is 3. The second kappa shape index (κ2) is 7.67. The molecule has 0 atom stereocenters. The highest BCUT2D eigenvalue weighted by molar-refractivity contribution is 5.83. The quantitative estimate of drug-likeness (QED) is 0.598. The van der Waals surface area contributed by atoms with Crippen LogP contribution in [-0.2, 0) is 14.4 Å². The predicted molar refractivity (Wildman–Crippen MR) is 58.5 cm³/mol. The Morgan fingerprint density at radius 1 is 0.688 bits per heavy atom. The molecule has 0 aromatic rings.